The first kappa shape index (κ1) is 21.2. The molecule has 0 saturated heterocycles. The quantitative estimate of drug-likeness (QED) is 0.723. The van der Waals surface area contributed by atoms with E-state index in [1.165, 1.54) is 12.8 Å². The molecule has 29 heavy (non-hydrogen) atoms. The lowest BCUT2D eigenvalue weighted by Gasteiger charge is -2.19. The summed E-state index contributed by atoms with van der Waals surface area (Å²) in [5.41, 5.74) is 4.27. The van der Waals surface area contributed by atoms with Gasteiger partial charge >= 0.3 is 0 Å². The first-order valence-corrected chi connectivity index (χ1v) is 10.5. The Morgan fingerprint density at radius 2 is 2.00 bits per heavy atom. The van der Waals surface area contributed by atoms with E-state index in [0.29, 0.717) is 12.8 Å². The van der Waals surface area contributed by atoms with Crippen molar-refractivity contribution in [1.82, 2.24) is 15.1 Å². The summed E-state index contributed by atoms with van der Waals surface area (Å²) in [6, 6.07) is 5.82. The Balaban J connectivity index is 1.59. The molecule has 1 N–H and O–H groups in total. The molecule has 1 saturated carbocycles. The van der Waals surface area contributed by atoms with Crippen molar-refractivity contribution >= 4 is 5.91 Å². The Kier molecular flexibility index (Phi) is 6.83. The lowest BCUT2D eigenvalue weighted by molar-refractivity contribution is -0.121. The average Bonchev–Trinajstić information content (AvgIpc) is 3.28. The summed E-state index contributed by atoms with van der Waals surface area (Å²) in [4.78, 5) is 12.5. The van der Waals surface area contributed by atoms with Gasteiger partial charge in [0.2, 0.25) is 5.91 Å². The van der Waals surface area contributed by atoms with E-state index >= 15 is 0 Å². The van der Waals surface area contributed by atoms with E-state index in [4.69, 9.17) is 9.47 Å². The van der Waals surface area contributed by atoms with Crippen molar-refractivity contribution in [3.8, 4) is 11.5 Å². The van der Waals surface area contributed by atoms with E-state index in [9.17, 15) is 4.79 Å². The fourth-order valence-electron chi connectivity index (χ4n) is 4.05. The average molecular weight is 400 g/mol. The van der Waals surface area contributed by atoms with Gasteiger partial charge in [-0.15, -0.1) is 0 Å². The number of nitrogens with zero attached hydrogens (tertiary/aromatic N) is 2. The Morgan fingerprint density at radius 1 is 1.28 bits per heavy atom. The predicted molar refractivity (Wildman–Crippen MR) is 113 cm³/mol. The first-order chi connectivity index (χ1) is 13.9. The van der Waals surface area contributed by atoms with Crippen molar-refractivity contribution in [3.05, 3.63) is 40.7 Å². The second-order valence-corrected chi connectivity index (χ2v) is 8.00. The minimum Gasteiger partial charge on any atom is -0.493 e. The summed E-state index contributed by atoms with van der Waals surface area (Å²) in [7, 11) is 3.59. The van der Waals surface area contributed by atoms with E-state index < -0.39 is 0 Å². The van der Waals surface area contributed by atoms with E-state index in [2.05, 4.69) is 10.4 Å². The highest BCUT2D eigenvalue weighted by Gasteiger charge is 2.20. The number of aryl methyl sites for hydroxylation is 2. The highest BCUT2D eigenvalue weighted by Crippen LogP contribution is 2.33. The van der Waals surface area contributed by atoms with Crippen LogP contribution in [0.3, 0.4) is 0 Å². The summed E-state index contributed by atoms with van der Waals surface area (Å²) >= 11 is 0. The van der Waals surface area contributed by atoms with Crippen LogP contribution in [0, 0.1) is 13.8 Å². The molecule has 0 spiro atoms. The Labute approximate surface area is 173 Å². The molecule has 1 aliphatic carbocycles. The van der Waals surface area contributed by atoms with Gasteiger partial charge in [0.05, 0.1) is 24.9 Å². The molecular formula is C23H33N3O3. The van der Waals surface area contributed by atoms with Gasteiger partial charge in [-0.3, -0.25) is 9.48 Å². The number of rotatable bonds is 8. The van der Waals surface area contributed by atoms with Crippen LogP contribution in [-0.4, -0.2) is 28.9 Å². The SMILES string of the molecule is COc1cc([C@H](C)NC(=O)CCc2c(C)nn(C)c2C)ccc1OC1CCCC1. The van der Waals surface area contributed by atoms with Gasteiger partial charge < -0.3 is 14.8 Å². The standard InChI is InChI=1S/C23H33N3O3/c1-15(24-23(27)13-11-20-16(2)25-26(4)17(20)3)18-10-12-21(22(14-18)28-5)29-19-8-6-7-9-19/h10,12,14-15,19H,6-9,11,13H2,1-5H3,(H,24,27)/t15-/m0/s1. The number of hydrogen-bond acceptors (Lipinski definition) is 4. The summed E-state index contributed by atoms with van der Waals surface area (Å²) < 4.78 is 13.5. The van der Waals surface area contributed by atoms with Crippen molar-refractivity contribution in [2.45, 2.75) is 71.4 Å². The largest absolute Gasteiger partial charge is 0.493 e. The maximum Gasteiger partial charge on any atom is 0.220 e. The van der Waals surface area contributed by atoms with Crippen LogP contribution in [-0.2, 0) is 18.3 Å². The molecule has 1 aliphatic rings. The highest BCUT2D eigenvalue weighted by molar-refractivity contribution is 5.76. The van der Waals surface area contributed by atoms with E-state index in [0.717, 1.165) is 46.9 Å². The number of carbonyl (C=O) groups excluding carboxylic acids is 1. The molecule has 6 heteroatoms. The van der Waals surface area contributed by atoms with Gasteiger partial charge in [0.25, 0.3) is 0 Å². The number of hydrogen-bond donors (Lipinski definition) is 1. The highest BCUT2D eigenvalue weighted by atomic mass is 16.5. The smallest absolute Gasteiger partial charge is 0.220 e. The molecule has 0 bridgehead atoms. The second kappa shape index (κ2) is 9.33. The Bertz CT molecular complexity index is 853. The molecule has 0 radical (unpaired) electrons. The van der Waals surface area contributed by atoms with Crippen LogP contribution in [0.25, 0.3) is 0 Å². The minimum atomic E-state index is -0.104. The summed E-state index contributed by atoms with van der Waals surface area (Å²) in [6.07, 6.45) is 6.09. The molecule has 3 rings (SSSR count). The van der Waals surface area contributed by atoms with Gasteiger partial charge in [-0.1, -0.05) is 6.07 Å². The van der Waals surface area contributed by atoms with Gasteiger partial charge in [-0.2, -0.15) is 5.10 Å². The molecular weight excluding hydrogens is 366 g/mol. The molecule has 6 nitrogen and oxygen atoms in total. The fraction of sp³-hybridized carbons (Fsp3) is 0.565. The summed E-state index contributed by atoms with van der Waals surface area (Å²) in [5.74, 6) is 1.53. The second-order valence-electron chi connectivity index (χ2n) is 8.00. The van der Waals surface area contributed by atoms with Crippen LogP contribution in [0.2, 0.25) is 0 Å². The topological polar surface area (TPSA) is 65.4 Å². The molecule has 1 heterocycles. The molecule has 2 aromatic rings. The number of methoxy groups -OCH3 is 1. The third-order valence-electron chi connectivity index (χ3n) is 5.92. The van der Waals surface area contributed by atoms with Crippen molar-refractivity contribution in [2.75, 3.05) is 7.11 Å². The van der Waals surface area contributed by atoms with Gasteiger partial charge in [-0.25, -0.2) is 0 Å². The molecule has 1 amide bonds. The van der Waals surface area contributed by atoms with Gasteiger partial charge in [0.1, 0.15) is 0 Å². The molecule has 0 unspecified atom stereocenters. The fourth-order valence-corrected chi connectivity index (χ4v) is 4.05. The molecule has 1 aromatic heterocycles. The van der Waals surface area contributed by atoms with Gasteiger partial charge in [0, 0.05) is 19.2 Å². The van der Waals surface area contributed by atoms with Crippen molar-refractivity contribution in [3.63, 3.8) is 0 Å². The maximum atomic E-state index is 12.5. The maximum absolute atomic E-state index is 12.5. The van der Waals surface area contributed by atoms with Crippen LogP contribution in [0.1, 0.15) is 67.6 Å². The van der Waals surface area contributed by atoms with E-state index in [-0.39, 0.29) is 18.1 Å². The molecule has 158 valence electrons. The zero-order valence-electron chi connectivity index (χ0n) is 18.2. The summed E-state index contributed by atoms with van der Waals surface area (Å²) in [5, 5.41) is 7.51. The molecule has 1 atom stereocenters. The zero-order chi connectivity index (χ0) is 21.0. The van der Waals surface area contributed by atoms with Crippen LogP contribution >= 0.6 is 0 Å². The van der Waals surface area contributed by atoms with Crippen molar-refractivity contribution in [1.29, 1.82) is 0 Å². The number of benzene rings is 1. The number of carbonyl (C=O) groups is 1. The zero-order valence-corrected chi connectivity index (χ0v) is 18.2. The Morgan fingerprint density at radius 3 is 2.62 bits per heavy atom. The molecule has 1 aromatic carbocycles. The third-order valence-corrected chi connectivity index (χ3v) is 5.92. The number of amides is 1. The number of ether oxygens (including phenoxy) is 2. The van der Waals surface area contributed by atoms with Gasteiger partial charge in [0.15, 0.2) is 11.5 Å². The summed E-state index contributed by atoms with van der Waals surface area (Å²) in [6.45, 7) is 6.02. The molecule has 1 fully saturated rings. The van der Waals surface area contributed by atoms with Gasteiger partial charge in [-0.05, 0) is 76.1 Å². The number of nitrogens with one attached hydrogen (secondary N) is 1. The first-order valence-electron chi connectivity index (χ1n) is 10.5. The Hall–Kier alpha value is -2.50. The predicted octanol–water partition coefficient (Wildman–Crippen LogP) is 4.18. The number of aromatic nitrogens is 2. The van der Waals surface area contributed by atoms with Crippen LogP contribution in [0.5, 0.6) is 11.5 Å². The van der Waals surface area contributed by atoms with E-state index in [1.54, 1.807) is 7.11 Å². The van der Waals surface area contributed by atoms with Crippen molar-refractivity contribution < 1.29 is 14.3 Å². The van der Waals surface area contributed by atoms with Crippen molar-refractivity contribution in [2.24, 2.45) is 7.05 Å². The molecule has 0 aliphatic heterocycles. The minimum absolute atomic E-state index is 0.0328. The monoisotopic (exact) mass is 399 g/mol. The normalized spacial score (nSPS) is 15.3. The van der Waals surface area contributed by atoms with Crippen LogP contribution < -0.4 is 14.8 Å². The van der Waals surface area contributed by atoms with Crippen LogP contribution in [0.4, 0.5) is 0 Å². The van der Waals surface area contributed by atoms with E-state index in [1.807, 2.05) is 50.7 Å². The lowest BCUT2D eigenvalue weighted by atomic mass is 10.1. The third kappa shape index (κ3) is 5.11. The lowest BCUT2D eigenvalue weighted by Crippen LogP contribution is -2.27. The van der Waals surface area contributed by atoms with Crippen LogP contribution in [0.15, 0.2) is 18.2 Å².